The molecule has 1 aromatic heterocycles. The molecule has 6 nitrogen and oxygen atoms in total. The van der Waals surface area contributed by atoms with Crippen LogP contribution in [0.4, 0.5) is 4.39 Å². The molecule has 0 amide bonds. The molecule has 0 saturated carbocycles. The van der Waals surface area contributed by atoms with Gasteiger partial charge in [0, 0.05) is 17.4 Å². The molecule has 0 bridgehead atoms. The Labute approximate surface area is 117 Å². The Balaban J connectivity index is 2.05. The molecule has 2 aromatic rings. The number of benzene rings is 1. The second-order valence-electron chi connectivity index (χ2n) is 3.65. The normalized spacial score (nSPS) is 11.7. The second-order valence-corrected chi connectivity index (χ2v) is 6.31. The molecule has 2 N–H and O–H groups in total. The average molecular weight is 349 g/mol. The van der Waals surface area contributed by atoms with Crippen molar-refractivity contribution in [3.8, 4) is 0 Å². The third kappa shape index (κ3) is 3.58. The highest BCUT2D eigenvalue weighted by molar-refractivity contribution is 9.10. The third-order valence-electron chi connectivity index (χ3n) is 2.30. The van der Waals surface area contributed by atoms with Gasteiger partial charge in [-0.25, -0.2) is 22.5 Å². The van der Waals surface area contributed by atoms with E-state index in [9.17, 15) is 12.8 Å². The lowest BCUT2D eigenvalue weighted by atomic mass is 10.3. The fraction of sp³-hybridized carbons (Fsp3) is 0.200. The van der Waals surface area contributed by atoms with Crippen LogP contribution in [-0.4, -0.2) is 30.1 Å². The quantitative estimate of drug-likeness (QED) is 0.850. The minimum absolute atomic E-state index is 0.104. The van der Waals surface area contributed by atoms with E-state index in [1.165, 1.54) is 18.5 Å². The van der Waals surface area contributed by atoms with Gasteiger partial charge in [-0.3, -0.25) is 5.10 Å². The van der Waals surface area contributed by atoms with Crippen LogP contribution in [0.1, 0.15) is 5.82 Å². The standard InChI is InChI=1S/C10H10BrFN4O2S/c11-7-1-2-9(8(12)5-7)19(17,18)15-4-3-10-13-6-14-16-10/h1-2,5-6,15H,3-4H2,(H,13,14,16). The molecule has 0 aliphatic rings. The fourth-order valence-corrected chi connectivity index (χ4v) is 2.85. The van der Waals surface area contributed by atoms with Crippen molar-refractivity contribution in [1.29, 1.82) is 0 Å². The molecule has 0 radical (unpaired) electrons. The van der Waals surface area contributed by atoms with Crippen molar-refractivity contribution in [3.05, 3.63) is 40.6 Å². The molecule has 0 aliphatic carbocycles. The van der Waals surface area contributed by atoms with Gasteiger partial charge in [0.15, 0.2) is 0 Å². The summed E-state index contributed by atoms with van der Waals surface area (Å²) in [5, 5.41) is 6.25. The van der Waals surface area contributed by atoms with Gasteiger partial charge in [-0.15, -0.1) is 0 Å². The largest absolute Gasteiger partial charge is 0.263 e. The molecule has 0 spiro atoms. The maximum atomic E-state index is 13.6. The predicted molar refractivity (Wildman–Crippen MR) is 69.4 cm³/mol. The molecule has 2 rings (SSSR count). The molecular formula is C10H10BrFN4O2S. The van der Waals surface area contributed by atoms with Crippen molar-refractivity contribution in [2.75, 3.05) is 6.54 Å². The maximum absolute atomic E-state index is 13.6. The molecule has 102 valence electrons. The van der Waals surface area contributed by atoms with Crippen LogP contribution in [-0.2, 0) is 16.4 Å². The first-order valence-electron chi connectivity index (χ1n) is 5.28. The lowest BCUT2D eigenvalue weighted by molar-refractivity contribution is 0.556. The first kappa shape index (κ1) is 14.1. The molecule has 0 aliphatic heterocycles. The van der Waals surface area contributed by atoms with Crippen molar-refractivity contribution in [3.63, 3.8) is 0 Å². The summed E-state index contributed by atoms with van der Waals surface area (Å²) in [6, 6.07) is 3.77. The second kappa shape index (κ2) is 5.76. The van der Waals surface area contributed by atoms with Gasteiger partial charge < -0.3 is 0 Å². The molecule has 19 heavy (non-hydrogen) atoms. The van der Waals surface area contributed by atoms with Crippen molar-refractivity contribution < 1.29 is 12.8 Å². The summed E-state index contributed by atoms with van der Waals surface area (Å²) < 4.78 is 40.1. The van der Waals surface area contributed by atoms with E-state index in [1.54, 1.807) is 0 Å². The summed E-state index contributed by atoms with van der Waals surface area (Å²) in [5.74, 6) is -0.250. The zero-order valence-corrected chi connectivity index (χ0v) is 12.0. The minimum Gasteiger partial charge on any atom is -0.263 e. The molecule has 1 aromatic carbocycles. The van der Waals surface area contributed by atoms with Gasteiger partial charge in [0.2, 0.25) is 10.0 Å². The molecule has 0 unspecified atom stereocenters. The number of hydrogen-bond donors (Lipinski definition) is 2. The Kier molecular flexibility index (Phi) is 4.27. The summed E-state index contributed by atoms with van der Waals surface area (Å²) in [6.07, 6.45) is 1.68. The lowest BCUT2D eigenvalue weighted by Crippen LogP contribution is -2.27. The average Bonchev–Trinajstić information content (AvgIpc) is 2.81. The SMILES string of the molecule is O=S(=O)(NCCc1ncn[nH]1)c1ccc(Br)cc1F. The smallest absolute Gasteiger partial charge is 0.243 e. The molecule has 0 saturated heterocycles. The number of nitrogens with zero attached hydrogens (tertiary/aromatic N) is 2. The van der Waals surface area contributed by atoms with Crippen molar-refractivity contribution in [2.45, 2.75) is 11.3 Å². The number of nitrogens with one attached hydrogen (secondary N) is 2. The molecule has 1 heterocycles. The summed E-state index contributed by atoms with van der Waals surface area (Å²) in [4.78, 5) is 3.47. The van der Waals surface area contributed by atoms with Crippen LogP contribution in [0.5, 0.6) is 0 Å². The maximum Gasteiger partial charge on any atom is 0.243 e. The summed E-state index contributed by atoms with van der Waals surface area (Å²) >= 11 is 3.07. The fourth-order valence-electron chi connectivity index (χ4n) is 1.43. The van der Waals surface area contributed by atoms with Crippen molar-refractivity contribution in [2.24, 2.45) is 0 Å². The predicted octanol–water partition coefficient (Wildman–Crippen LogP) is 1.23. The van der Waals surface area contributed by atoms with Crippen LogP contribution >= 0.6 is 15.9 Å². The Hall–Kier alpha value is -1.32. The van der Waals surface area contributed by atoms with Crippen LogP contribution in [0.2, 0.25) is 0 Å². The van der Waals surface area contributed by atoms with E-state index in [1.807, 2.05) is 0 Å². The first-order chi connectivity index (χ1) is 8.99. The molecule has 0 atom stereocenters. The summed E-state index contributed by atoms with van der Waals surface area (Å²) in [7, 11) is -3.87. The minimum atomic E-state index is -3.87. The first-order valence-corrected chi connectivity index (χ1v) is 7.55. The number of aromatic amines is 1. The van der Waals surface area contributed by atoms with Crippen LogP contribution in [0.3, 0.4) is 0 Å². The Morgan fingerprint density at radius 3 is 2.84 bits per heavy atom. The van der Waals surface area contributed by atoms with E-state index in [0.717, 1.165) is 6.07 Å². The van der Waals surface area contributed by atoms with Gasteiger partial charge in [0.25, 0.3) is 0 Å². The van der Waals surface area contributed by atoms with E-state index in [4.69, 9.17) is 0 Å². The zero-order valence-electron chi connectivity index (χ0n) is 9.60. The Bertz CT molecular complexity index is 660. The highest BCUT2D eigenvalue weighted by Gasteiger charge is 2.18. The molecular weight excluding hydrogens is 339 g/mol. The van der Waals surface area contributed by atoms with E-state index < -0.39 is 15.8 Å². The highest BCUT2D eigenvalue weighted by Crippen LogP contribution is 2.19. The molecule has 9 heteroatoms. The summed E-state index contributed by atoms with van der Waals surface area (Å²) in [5.41, 5.74) is 0. The van der Waals surface area contributed by atoms with Gasteiger partial charge in [-0.1, -0.05) is 15.9 Å². The van der Waals surface area contributed by atoms with E-state index in [0.29, 0.717) is 16.7 Å². The van der Waals surface area contributed by atoms with Gasteiger partial charge in [-0.05, 0) is 18.2 Å². The lowest BCUT2D eigenvalue weighted by Gasteiger charge is -2.07. The van der Waals surface area contributed by atoms with Gasteiger partial charge in [0.05, 0.1) is 0 Å². The third-order valence-corrected chi connectivity index (χ3v) is 4.29. The Morgan fingerprint density at radius 2 is 2.21 bits per heavy atom. The zero-order chi connectivity index (χ0) is 13.9. The van der Waals surface area contributed by atoms with Gasteiger partial charge >= 0.3 is 0 Å². The number of halogens is 2. The molecule has 0 fully saturated rings. The summed E-state index contributed by atoms with van der Waals surface area (Å²) in [6.45, 7) is 0.104. The van der Waals surface area contributed by atoms with E-state index in [2.05, 4.69) is 35.8 Å². The van der Waals surface area contributed by atoms with Crippen LogP contribution < -0.4 is 4.72 Å². The number of rotatable bonds is 5. The van der Waals surface area contributed by atoms with E-state index in [-0.39, 0.29) is 11.4 Å². The van der Waals surface area contributed by atoms with Crippen LogP contribution in [0.15, 0.2) is 33.9 Å². The van der Waals surface area contributed by atoms with E-state index >= 15 is 0 Å². The number of sulfonamides is 1. The number of hydrogen-bond acceptors (Lipinski definition) is 4. The topological polar surface area (TPSA) is 87.7 Å². The van der Waals surface area contributed by atoms with Gasteiger partial charge in [-0.2, -0.15) is 5.10 Å². The van der Waals surface area contributed by atoms with Gasteiger partial charge in [0.1, 0.15) is 22.9 Å². The number of aromatic nitrogens is 3. The number of H-pyrrole nitrogens is 1. The van der Waals surface area contributed by atoms with Crippen molar-refractivity contribution >= 4 is 26.0 Å². The van der Waals surface area contributed by atoms with Crippen LogP contribution in [0, 0.1) is 5.82 Å². The van der Waals surface area contributed by atoms with Crippen molar-refractivity contribution in [1.82, 2.24) is 19.9 Å². The monoisotopic (exact) mass is 348 g/mol. The van der Waals surface area contributed by atoms with Crippen LogP contribution in [0.25, 0.3) is 0 Å². The Morgan fingerprint density at radius 1 is 1.42 bits per heavy atom. The highest BCUT2D eigenvalue weighted by atomic mass is 79.9.